The number of Topliss-reactive ketones (excluding diaryl/α,β-unsaturated/α-hetero) is 1. The van der Waals surface area contributed by atoms with Gasteiger partial charge in [-0.3, -0.25) is 64.3 Å². The Morgan fingerprint density at radius 1 is 0.356 bits per heavy atom. The summed E-state index contributed by atoms with van der Waals surface area (Å²) < 4.78 is 6.69. The van der Waals surface area contributed by atoms with Crippen LogP contribution in [0.4, 0.5) is 65.7 Å². The van der Waals surface area contributed by atoms with E-state index in [0.717, 1.165) is 111 Å². The summed E-state index contributed by atoms with van der Waals surface area (Å²) in [4.78, 5) is 118. The number of benzene rings is 4. The van der Waals surface area contributed by atoms with Gasteiger partial charge in [0.15, 0.2) is 46.5 Å². The maximum absolute atomic E-state index is 13.0. The van der Waals surface area contributed by atoms with E-state index in [1.807, 2.05) is 137 Å². The number of urea groups is 4. The number of fused-ring (bicyclic) bond motifs is 4. The molecule has 12 heterocycles. The molecule has 0 saturated heterocycles. The summed E-state index contributed by atoms with van der Waals surface area (Å²) in [7, 11) is 8.84. The molecule has 0 radical (unpaired) electrons. The molecule has 15 N–H and O–H groups in total. The number of amides is 8. The minimum atomic E-state index is -0.409. The highest BCUT2D eigenvalue weighted by atomic mass is 35.5. The van der Waals surface area contributed by atoms with Crippen molar-refractivity contribution >= 4 is 166 Å². The van der Waals surface area contributed by atoms with Crippen molar-refractivity contribution in [3.05, 3.63) is 191 Å². The summed E-state index contributed by atoms with van der Waals surface area (Å²) in [5, 5.41) is 43.3. The van der Waals surface area contributed by atoms with Gasteiger partial charge in [-0.25, -0.2) is 59.0 Å². The van der Waals surface area contributed by atoms with Crippen LogP contribution in [0.2, 0.25) is 20.1 Å². The molecule has 0 aliphatic heterocycles. The Bertz CT molecular complexity index is 7210. The van der Waals surface area contributed by atoms with Gasteiger partial charge in [0.25, 0.3) is 0 Å². The molecule has 37 nitrogen and oxygen atoms in total. The summed E-state index contributed by atoms with van der Waals surface area (Å²) in [5.41, 5.74) is 36.8. The predicted octanol–water partition coefficient (Wildman–Crippen LogP) is 17.2. The quantitative estimate of drug-likeness (QED) is 0.0428. The van der Waals surface area contributed by atoms with Gasteiger partial charge in [0.05, 0.1) is 42.2 Å². The number of aryl methyl sites for hydroxylation is 4. The van der Waals surface area contributed by atoms with E-state index < -0.39 is 6.03 Å². The molecule has 41 heteroatoms. The number of pyridine rings is 4. The number of nitrogen functional groups attached to an aromatic ring is 4. The van der Waals surface area contributed by atoms with E-state index in [2.05, 4.69) is 102 Å². The van der Waals surface area contributed by atoms with Crippen LogP contribution in [0.3, 0.4) is 0 Å². The minimum absolute atomic E-state index is 0.0744. The highest BCUT2D eigenvalue weighted by Gasteiger charge is 2.31. The number of carbonyl (C=O) groups excluding carboxylic acids is 5. The van der Waals surface area contributed by atoms with E-state index in [1.54, 1.807) is 88.1 Å². The summed E-state index contributed by atoms with van der Waals surface area (Å²) in [6.45, 7) is 0. The molecular formula is C94H94Cl4N32O5. The largest absolute Gasteiger partial charge is 0.381 e. The van der Waals surface area contributed by atoms with Crippen molar-refractivity contribution in [2.45, 2.75) is 127 Å². The van der Waals surface area contributed by atoms with Crippen LogP contribution in [-0.4, -0.2) is 160 Å². The zero-order chi connectivity index (χ0) is 94.2. The van der Waals surface area contributed by atoms with Crippen LogP contribution < -0.4 is 65.1 Å². The van der Waals surface area contributed by atoms with Crippen molar-refractivity contribution < 1.29 is 24.0 Å². The lowest BCUT2D eigenvalue weighted by molar-refractivity contribution is -0.120. The summed E-state index contributed by atoms with van der Waals surface area (Å²) >= 11 is 26.2. The van der Waals surface area contributed by atoms with Crippen LogP contribution in [0.5, 0.6) is 0 Å². The van der Waals surface area contributed by atoms with Crippen LogP contribution in [0.1, 0.15) is 103 Å². The molecule has 4 saturated carbocycles. The van der Waals surface area contributed by atoms with Gasteiger partial charge in [0, 0.05) is 166 Å². The first-order valence-corrected chi connectivity index (χ1v) is 45.4. The topological polar surface area (TPSA) is 503 Å². The molecule has 16 aromatic rings. The molecule has 688 valence electrons. The SMILES string of the molecule is CN(C(=O)NC1CCCC(=O)C1)c1nc(-c2cc(Cl)c3ncccc3c2)c(-c2ccn(C)n2)nc1N.Cn1ccc(-c2nc(N)c(NC(=O)NC3CCC3)nc2-c2cc(Cl)c3ncccc3c2)n1.Cn1ccc(-c2nc(N)c(NC(=O)NC3CCCC3)nc2-c2cc(Cl)c3ncccc3c2)n1.Cn1ccc(-c2nc(N)c(NC(=O)NC3CCCCC3)nc2-c2cc(Cl)c3ncccc3c2)n1. The highest BCUT2D eigenvalue weighted by Crippen LogP contribution is 2.42. The number of ketones is 1. The fourth-order valence-corrected chi connectivity index (χ4v) is 17.6. The van der Waals surface area contributed by atoms with Crippen LogP contribution in [-0.2, 0) is 33.0 Å². The third-order valence-corrected chi connectivity index (χ3v) is 24.6. The molecule has 4 aliphatic carbocycles. The molecule has 1 atom stereocenters. The Labute approximate surface area is 793 Å². The van der Waals surface area contributed by atoms with Gasteiger partial charge in [0.1, 0.15) is 74.1 Å². The number of halogens is 4. The first kappa shape index (κ1) is 91.7. The van der Waals surface area contributed by atoms with Crippen molar-refractivity contribution in [3.63, 3.8) is 0 Å². The Kier molecular flexibility index (Phi) is 27.5. The second-order valence-electron chi connectivity index (χ2n) is 33.3. The fourth-order valence-electron chi connectivity index (χ4n) is 16.5. The molecule has 1 unspecified atom stereocenters. The summed E-state index contributed by atoms with van der Waals surface area (Å²) in [6.07, 6.45) is 29.1. The maximum atomic E-state index is 13.0. The Morgan fingerprint density at radius 2 is 0.652 bits per heavy atom. The molecule has 20 rings (SSSR count). The number of carbonyl (C=O) groups is 5. The number of nitrogens with one attached hydrogen (secondary N) is 7. The number of anilines is 8. The number of aromatic nitrogens is 20. The number of hydrogen-bond donors (Lipinski definition) is 11. The van der Waals surface area contributed by atoms with Gasteiger partial charge in [-0.2, -0.15) is 20.4 Å². The lowest BCUT2D eigenvalue weighted by Crippen LogP contribution is -2.45. The van der Waals surface area contributed by atoms with Crippen molar-refractivity contribution in [2.75, 3.05) is 50.8 Å². The second-order valence-corrected chi connectivity index (χ2v) is 34.9. The zero-order valence-electron chi connectivity index (χ0n) is 74.0. The molecule has 4 fully saturated rings. The molecule has 4 aromatic carbocycles. The predicted molar refractivity (Wildman–Crippen MR) is 525 cm³/mol. The van der Waals surface area contributed by atoms with E-state index in [9.17, 15) is 24.0 Å². The average Bonchev–Trinajstić information content (AvgIpc) is 1.74. The third kappa shape index (κ3) is 21.3. The van der Waals surface area contributed by atoms with Crippen molar-refractivity contribution in [3.8, 4) is 90.6 Å². The average molecular weight is 1890 g/mol. The van der Waals surface area contributed by atoms with E-state index in [1.165, 1.54) is 11.3 Å². The maximum Gasteiger partial charge on any atom is 0.323 e. The lowest BCUT2D eigenvalue weighted by Gasteiger charge is -2.26. The van der Waals surface area contributed by atoms with Gasteiger partial charge < -0.3 is 44.2 Å². The lowest BCUT2D eigenvalue weighted by atomic mass is 9.93. The number of hydrogen-bond acceptors (Lipinski definition) is 25. The Morgan fingerprint density at radius 3 is 0.948 bits per heavy atom. The molecule has 0 bridgehead atoms. The van der Waals surface area contributed by atoms with Crippen molar-refractivity contribution in [2.24, 2.45) is 28.2 Å². The number of rotatable bonds is 16. The van der Waals surface area contributed by atoms with Crippen molar-refractivity contribution in [1.29, 1.82) is 0 Å². The Balaban J connectivity index is 0.000000125. The van der Waals surface area contributed by atoms with Gasteiger partial charge in [0.2, 0.25) is 0 Å². The molecule has 8 amide bonds. The highest BCUT2D eigenvalue weighted by molar-refractivity contribution is 6.37. The van der Waals surface area contributed by atoms with E-state index >= 15 is 0 Å². The van der Waals surface area contributed by atoms with Crippen LogP contribution in [0, 0.1) is 0 Å². The van der Waals surface area contributed by atoms with E-state index in [4.69, 9.17) is 84.3 Å². The molecule has 12 aromatic heterocycles. The number of nitrogens with zero attached hydrogens (tertiary/aromatic N) is 21. The molecule has 0 spiro atoms. The van der Waals surface area contributed by atoms with Gasteiger partial charge in [-0.15, -0.1) is 0 Å². The smallest absolute Gasteiger partial charge is 0.323 e. The zero-order valence-corrected chi connectivity index (χ0v) is 77.1. The molecule has 135 heavy (non-hydrogen) atoms. The van der Waals surface area contributed by atoms with Gasteiger partial charge >= 0.3 is 24.1 Å². The molecule has 4 aliphatic rings. The number of nitrogens with two attached hydrogens (primary N) is 4. The van der Waals surface area contributed by atoms with Gasteiger partial charge in [-0.1, -0.05) is 103 Å². The van der Waals surface area contributed by atoms with Crippen LogP contribution >= 0.6 is 46.4 Å². The normalized spacial score (nSPS) is 14.5. The minimum Gasteiger partial charge on any atom is -0.381 e. The fraction of sp³-hybridized carbons (Fsp3) is 0.266. The second kappa shape index (κ2) is 40.5. The van der Waals surface area contributed by atoms with Crippen LogP contribution in [0.15, 0.2) is 171 Å². The first-order chi connectivity index (χ1) is 65.2. The van der Waals surface area contributed by atoms with E-state index in [0.29, 0.717) is 140 Å². The van der Waals surface area contributed by atoms with E-state index in [-0.39, 0.29) is 94.6 Å². The standard InChI is InChI=1S/C25H25ClN8O2.C24H25ClN8O.C23H23ClN8O.C22H21ClN8O/c1-33-10-8-19(32-33)22-21(15-11-14-5-4-9-28-20(14)18(26)12-15)31-24(23(27)30-22)34(2)25(36)29-16-6-3-7-17(35)13-16;1-33-11-9-18(32-33)21-20(15-12-14-6-5-10-27-19(14)17(25)13-15)30-23(22(26)29-21)31-24(34)28-16-7-3-2-4-8-16;1-32-10-8-17(31-32)20-19(14-11-13-5-4-9-26-18(13)16(24)12-14)29-22(21(25)28-20)30-23(33)27-15-6-2-3-7-15;1-31-9-7-16(30-31)19-18(13-10-12-4-3-8-25-17(12)15(23)11-13)28-21(20(24)27-19)29-22(32)26-14-5-2-6-14/h4-5,8-12,16H,3,6-7,13H2,1-2H3,(H2,27,30)(H,29,36);5-6,9-13,16H,2-4,7-8H2,1H3,(H2,26,29)(H2,28,30,31,34);4-5,8-12,15H,2-3,6-7H2,1H3,(H2,25,28)(H2,27,29,30,33);3-4,7-11,14H,2,5-6H2,1H3,(H2,24,27)(H2,26,28,29,32). The van der Waals surface area contributed by atoms with Crippen LogP contribution in [0.25, 0.3) is 134 Å². The Hall–Kier alpha value is -15.2. The van der Waals surface area contributed by atoms with Gasteiger partial charge in [-0.05, 0) is 155 Å². The summed E-state index contributed by atoms with van der Waals surface area (Å²) in [6, 6.07) is 36.0. The first-order valence-electron chi connectivity index (χ1n) is 43.9. The molecular weight excluding hydrogens is 1800 g/mol. The summed E-state index contributed by atoms with van der Waals surface area (Å²) in [5.74, 6) is 1.28. The monoisotopic (exact) mass is 1890 g/mol. The van der Waals surface area contributed by atoms with Crippen molar-refractivity contribution in [1.82, 2.24) is 120 Å². The third-order valence-electron chi connectivity index (χ3n) is 23.4.